The molecule has 0 saturated heterocycles. The van der Waals surface area contributed by atoms with Gasteiger partial charge in [-0.25, -0.2) is 0 Å². The molecule has 2 aromatic carbocycles. The van der Waals surface area contributed by atoms with E-state index in [1.807, 2.05) is 6.26 Å². The summed E-state index contributed by atoms with van der Waals surface area (Å²) in [5.41, 5.74) is 1.13. The molecule has 0 heterocycles. The summed E-state index contributed by atoms with van der Waals surface area (Å²) in [6, 6.07) is 13.4. The first kappa shape index (κ1) is 17.1. The van der Waals surface area contributed by atoms with E-state index in [1.165, 1.54) is 11.8 Å². The zero-order valence-corrected chi connectivity index (χ0v) is 14.2. The summed E-state index contributed by atoms with van der Waals surface area (Å²) in [5, 5.41) is 0.744. The average Bonchev–Trinajstić information content (AvgIpc) is 2.53. The highest BCUT2D eigenvalue weighted by Crippen LogP contribution is 2.21. The molecular weight excluding hydrogens is 339 g/mol. The molecule has 0 N–H and O–H groups in total. The van der Waals surface area contributed by atoms with Crippen LogP contribution in [0.3, 0.4) is 0 Å². The van der Waals surface area contributed by atoms with Gasteiger partial charge >= 0.3 is 0 Å². The maximum atomic E-state index is 12.5. The van der Waals surface area contributed by atoms with Gasteiger partial charge in [0.1, 0.15) is 0 Å². The highest BCUT2D eigenvalue weighted by molar-refractivity contribution is 8.00. The lowest BCUT2D eigenvalue weighted by atomic mass is 10.0. The minimum atomic E-state index is -0.413. The van der Waals surface area contributed by atoms with Crippen LogP contribution in [-0.2, 0) is 0 Å². The molecule has 114 valence electrons. The fourth-order valence-corrected chi connectivity index (χ4v) is 2.93. The highest BCUT2D eigenvalue weighted by Gasteiger charge is 2.22. The van der Waals surface area contributed by atoms with Gasteiger partial charge in [-0.3, -0.25) is 9.59 Å². The lowest BCUT2D eigenvalue weighted by Crippen LogP contribution is -2.21. The fraction of sp³-hybridized carbons (Fsp3) is 0.176. The van der Waals surface area contributed by atoms with Crippen molar-refractivity contribution in [2.75, 3.05) is 6.26 Å². The Morgan fingerprint density at radius 3 is 1.82 bits per heavy atom. The van der Waals surface area contributed by atoms with E-state index >= 15 is 0 Å². The molecule has 0 fully saturated rings. The van der Waals surface area contributed by atoms with E-state index in [0.717, 1.165) is 0 Å². The summed E-state index contributed by atoms with van der Waals surface area (Å²) in [4.78, 5) is 24.8. The summed E-state index contributed by atoms with van der Waals surface area (Å²) < 4.78 is 0. The van der Waals surface area contributed by atoms with Crippen LogP contribution in [-0.4, -0.2) is 23.1 Å². The third kappa shape index (κ3) is 4.35. The van der Waals surface area contributed by atoms with Crippen LogP contribution in [0, 0.1) is 0 Å². The number of ketones is 2. The zero-order valence-electron chi connectivity index (χ0n) is 11.9. The maximum absolute atomic E-state index is 12.5. The summed E-state index contributed by atoms with van der Waals surface area (Å²) >= 11 is 13.0. The van der Waals surface area contributed by atoms with Crippen LogP contribution in [0.25, 0.3) is 0 Å². The quantitative estimate of drug-likeness (QED) is 0.671. The first-order valence-electron chi connectivity index (χ1n) is 6.62. The number of carbonyl (C=O) groups is 2. The Kier molecular flexibility index (Phi) is 6.07. The smallest absolute Gasteiger partial charge is 0.176 e. The highest BCUT2D eigenvalue weighted by atomic mass is 35.5. The van der Waals surface area contributed by atoms with Crippen LogP contribution in [0.15, 0.2) is 48.5 Å². The van der Waals surface area contributed by atoms with Crippen molar-refractivity contribution in [1.29, 1.82) is 0 Å². The summed E-state index contributed by atoms with van der Waals surface area (Å²) in [6.07, 6.45) is 1.98. The molecule has 0 saturated carbocycles. The lowest BCUT2D eigenvalue weighted by molar-refractivity contribution is 0.0924. The van der Waals surface area contributed by atoms with E-state index in [0.29, 0.717) is 21.2 Å². The number of hydrogen-bond donors (Lipinski definition) is 0. The molecule has 0 aromatic heterocycles. The normalized spacial score (nSPS) is 12.0. The van der Waals surface area contributed by atoms with Gasteiger partial charge in [0.25, 0.3) is 0 Å². The molecular formula is C17H14Cl2O2S. The third-order valence-corrected chi connectivity index (χ3v) is 4.70. The van der Waals surface area contributed by atoms with Crippen LogP contribution in [0.2, 0.25) is 10.0 Å². The number of benzene rings is 2. The summed E-state index contributed by atoms with van der Waals surface area (Å²) in [6.45, 7) is 0. The van der Waals surface area contributed by atoms with Crippen molar-refractivity contribution >= 4 is 46.5 Å². The van der Waals surface area contributed by atoms with Crippen molar-refractivity contribution in [2.24, 2.45) is 0 Å². The number of hydrogen-bond acceptors (Lipinski definition) is 3. The van der Waals surface area contributed by atoms with Gasteiger partial charge in [0.05, 0.1) is 5.25 Å². The van der Waals surface area contributed by atoms with Gasteiger partial charge in [0.15, 0.2) is 11.6 Å². The minimum absolute atomic E-state index is 0.0634. The van der Waals surface area contributed by atoms with E-state index in [1.54, 1.807) is 48.5 Å². The van der Waals surface area contributed by atoms with E-state index in [4.69, 9.17) is 23.2 Å². The van der Waals surface area contributed by atoms with Gasteiger partial charge in [-0.05, 0) is 54.8 Å². The number of rotatable bonds is 6. The molecule has 0 spiro atoms. The van der Waals surface area contributed by atoms with Crippen molar-refractivity contribution in [2.45, 2.75) is 11.7 Å². The second-order valence-electron chi connectivity index (χ2n) is 4.73. The Labute approximate surface area is 143 Å². The summed E-state index contributed by atoms with van der Waals surface area (Å²) in [5.74, 6) is -0.134. The van der Waals surface area contributed by atoms with Crippen molar-refractivity contribution in [3.05, 3.63) is 69.7 Å². The molecule has 0 amide bonds. The first-order chi connectivity index (χ1) is 10.5. The minimum Gasteiger partial charge on any atom is -0.294 e. The predicted molar refractivity (Wildman–Crippen MR) is 93.5 cm³/mol. The van der Waals surface area contributed by atoms with Crippen molar-refractivity contribution in [3.8, 4) is 0 Å². The fourth-order valence-electron chi connectivity index (χ4n) is 2.01. The van der Waals surface area contributed by atoms with Crippen LogP contribution in [0.1, 0.15) is 27.1 Å². The lowest BCUT2D eigenvalue weighted by Gasteiger charge is -2.13. The van der Waals surface area contributed by atoms with Crippen LogP contribution in [0.4, 0.5) is 0 Å². The predicted octanol–water partition coefficient (Wildman–Crippen LogP) is 5.18. The molecule has 0 aliphatic carbocycles. The first-order valence-corrected chi connectivity index (χ1v) is 8.67. The Balaban J connectivity index is 2.11. The van der Waals surface area contributed by atoms with E-state index in [9.17, 15) is 9.59 Å². The molecule has 1 atom stereocenters. The maximum Gasteiger partial charge on any atom is 0.176 e. The van der Waals surface area contributed by atoms with Crippen molar-refractivity contribution in [1.82, 2.24) is 0 Å². The van der Waals surface area contributed by atoms with Crippen molar-refractivity contribution < 1.29 is 9.59 Å². The van der Waals surface area contributed by atoms with Gasteiger partial charge in [-0.15, -0.1) is 0 Å². The van der Waals surface area contributed by atoms with Gasteiger partial charge in [0, 0.05) is 27.6 Å². The standard InChI is InChI=1S/C17H14Cl2O2S/c1-22-16(17(21)12-4-8-14(19)9-5-12)10-15(20)11-2-6-13(18)7-3-11/h2-9,16H,10H2,1H3. The SMILES string of the molecule is CSC(CC(=O)c1ccc(Cl)cc1)C(=O)c1ccc(Cl)cc1. The molecule has 1 unspecified atom stereocenters. The molecule has 0 aliphatic heterocycles. The number of thioether (sulfide) groups is 1. The number of carbonyl (C=O) groups excluding carboxylic acids is 2. The van der Waals surface area contributed by atoms with Crippen LogP contribution < -0.4 is 0 Å². The Hall–Kier alpha value is -1.29. The largest absolute Gasteiger partial charge is 0.294 e. The van der Waals surface area contributed by atoms with Crippen molar-refractivity contribution in [3.63, 3.8) is 0 Å². The average molecular weight is 353 g/mol. The molecule has 5 heteroatoms. The van der Waals surface area contributed by atoms with Gasteiger partial charge < -0.3 is 0 Å². The van der Waals surface area contributed by atoms with Gasteiger partial charge in [0.2, 0.25) is 0 Å². The van der Waals surface area contributed by atoms with E-state index < -0.39 is 5.25 Å². The Morgan fingerprint density at radius 1 is 0.909 bits per heavy atom. The van der Waals surface area contributed by atoms with Crippen LogP contribution in [0.5, 0.6) is 0 Å². The Bertz CT molecular complexity index is 666. The molecule has 2 aromatic rings. The van der Waals surface area contributed by atoms with Gasteiger partial charge in [-0.1, -0.05) is 23.2 Å². The molecule has 0 bridgehead atoms. The number of Topliss-reactive ketones (excluding diaryl/α,β-unsaturated/α-hetero) is 2. The monoisotopic (exact) mass is 352 g/mol. The molecule has 2 rings (SSSR count). The molecule has 0 radical (unpaired) electrons. The molecule has 22 heavy (non-hydrogen) atoms. The van der Waals surface area contributed by atoms with E-state index in [2.05, 4.69) is 0 Å². The number of halogens is 2. The van der Waals surface area contributed by atoms with Crippen LogP contribution >= 0.6 is 35.0 Å². The molecule has 0 aliphatic rings. The summed E-state index contributed by atoms with van der Waals surface area (Å²) in [7, 11) is 0. The second-order valence-corrected chi connectivity index (χ2v) is 6.64. The molecule has 2 nitrogen and oxygen atoms in total. The Morgan fingerprint density at radius 2 is 1.36 bits per heavy atom. The third-order valence-electron chi connectivity index (χ3n) is 3.24. The topological polar surface area (TPSA) is 34.1 Å². The van der Waals surface area contributed by atoms with E-state index in [-0.39, 0.29) is 18.0 Å². The van der Waals surface area contributed by atoms with Gasteiger partial charge in [-0.2, -0.15) is 11.8 Å². The second kappa shape index (κ2) is 7.82. The zero-order chi connectivity index (χ0) is 16.1.